The van der Waals surface area contributed by atoms with E-state index in [4.69, 9.17) is 0 Å². The number of nitrogens with one attached hydrogen (secondary N) is 1. The number of nitrogens with zero attached hydrogens (tertiary/aromatic N) is 1. The molecule has 2 rings (SSSR count). The van der Waals surface area contributed by atoms with E-state index >= 15 is 0 Å². The highest BCUT2D eigenvalue weighted by Gasteiger charge is 2.31. The predicted molar refractivity (Wildman–Crippen MR) is 74.3 cm³/mol. The second-order valence-electron chi connectivity index (χ2n) is 6.03. The van der Waals surface area contributed by atoms with Crippen molar-refractivity contribution in [3.8, 4) is 0 Å². The third-order valence-electron chi connectivity index (χ3n) is 4.50. The van der Waals surface area contributed by atoms with Crippen molar-refractivity contribution >= 4 is 0 Å². The van der Waals surface area contributed by atoms with Gasteiger partial charge in [0.15, 0.2) is 0 Å². The van der Waals surface area contributed by atoms with E-state index in [1.54, 1.807) is 0 Å². The topological polar surface area (TPSA) is 15.3 Å². The Morgan fingerprint density at radius 2 is 2.00 bits per heavy atom. The van der Waals surface area contributed by atoms with Crippen molar-refractivity contribution in [3.05, 3.63) is 0 Å². The Labute approximate surface area is 107 Å². The highest BCUT2D eigenvalue weighted by Crippen LogP contribution is 2.28. The minimum Gasteiger partial charge on any atom is -0.313 e. The number of rotatable bonds is 7. The van der Waals surface area contributed by atoms with Crippen LogP contribution < -0.4 is 5.32 Å². The van der Waals surface area contributed by atoms with E-state index < -0.39 is 0 Å². The fraction of sp³-hybridized carbons (Fsp3) is 1.00. The summed E-state index contributed by atoms with van der Waals surface area (Å²) in [5, 5.41) is 3.73. The maximum absolute atomic E-state index is 3.73. The second-order valence-corrected chi connectivity index (χ2v) is 6.03. The Hall–Kier alpha value is -0.0800. The lowest BCUT2D eigenvalue weighted by atomic mass is 9.90. The van der Waals surface area contributed by atoms with Crippen LogP contribution in [0.5, 0.6) is 0 Å². The summed E-state index contributed by atoms with van der Waals surface area (Å²) in [6.07, 6.45) is 9.79. The molecule has 1 aliphatic heterocycles. The third-order valence-corrected chi connectivity index (χ3v) is 4.50. The Balaban J connectivity index is 1.76. The van der Waals surface area contributed by atoms with Gasteiger partial charge in [0.1, 0.15) is 0 Å². The van der Waals surface area contributed by atoms with Crippen molar-refractivity contribution in [2.45, 2.75) is 70.9 Å². The summed E-state index contributed by atoms with van der Waals surface area (Å²) in [5.41, 5.74) is 0. The van der Waals surface area contributed by atoms with Crippen LogP contribution in [0.25, 0.3) is 0 Å². The summed E-state index contributed by atoms with van der Waals surface area (Å²) in [5.74, 6) is 0.980. The average Bonchev–Trinajstić information content (AvgIpc) is 3.19. The highest BCUT2D eigenvalue weighted by atomic mass is 15.2. The van der Waals surface area contributed by atoms with Gasteiger partial charge in [-0.15, -0.1) is 0 Å². The van der Waals surface area contributed by atoms with E-state index in [1.165, 1.54) is 64.6 Å². The minimum atomic E-state index is 0.770. The van der Waals surface area contributed by atoms with Crippen LogP contribution in [-0.2, 0) is 0 Å². The molecule has 1 aliphatic carbocycles. The second kappa shape index (κ2) is 6.75. The Kier molecular flexibility index (Phi) is 5.30. The molecule has 1 saturated carbocycles. The van der Waals surface area contributed by atoms with Gasteiger partial charge in [0.25, 0.3) is 0 Å². The number of piperidine rings is 1. The van der Waals surface area contributed by atoms with Gasteiger partial charge in [-0.25, -0.2) is 0 Å². The van der Waals surface area contributed by atoms with Crippen molar-refractivity contribution in [2.24, 2.45) is 5.92 Å². The molecule has 1 N–H and O–H groups in total. The summed E-state index contributed by atoms with van der Waals surface area (Å²) < 4.78 is 0. The largest absolute Gasteiger partial charge is 0.313 e. The van der Waals surface area contributed by atoms with E-state index in [2.05, 4.69) is 24.1 Å². The Morgan fingerprint density at radius 1 is 1.18 bits per heavy atom. The summed E-state index contributed by atoms with van der Waals surface area (Å²) in [6.45, 7) is 8.53. The van der Waals surface area contributed by atoms with Gasteiger partial charge >= 0.3 is 0 Å². The van der Waals surface area contributed by atoms with Crippen LogP contribution >= 0.6 is 0 Å². The molecule has 1 heterocycles. The summed E-state index contributed by atoms with van der Waals surface area (Å²) in [4.78, 5) is 2.76. The van der Waals surface area contributed by atoms with Crippen LogP contribution in [0.4, 0.5) is 0 Å². The maximum atomic E-state index is 3.73. The van der Waals surface area contributed by atoms with Crippen molar-refractivity contribution in [2.75, 3.05) is 19.6 Å². The van der Waals surface area contributed by atoms with Crippen LogP contribution in [0.1, 0.15) is 58.8 Å². The lowest BCUT2D eigenvalue weighted by Gasteiger charge is -2.34. The molecule has 0 radical (unpaired) electrons. The molecule has 2 fully saturated rings. The fourth-order valence-electron chi connectivity index (χ4n) is 3.11. The van der Waals surface area contributed by atoms with Gasteiger partial charge < -0.3 is 5.32 Å². The predicted octanol–water partition coefficient (Wildman–Crippen LogP) is 3.03. The van der Waals surface area contributed by atoms with Gasteiger partial charge in [0.2, 0.25) is 0 Å². The van der Waals surface area contributed by atoms with Gasteiger partial charge in [-0.1, -0.05) is 26.7 Å². The summed E-state index contributed by atoms with van der Waals surface area (Å²) in [6, 6.07) is 1.71. The van der Waals surface area contributed by atoms with E-state index in [0.717, 1.165) is 18.0 Å². The Morgan fingerprint density at radius 3 is 2.65 bits per heavy atom. The average molecular weight is 238 g/mol. The molecule has 0 aromatic carbocycles. The van der Waals surface area contributed by atoms with Crippen molar-refractivity contribution in [1.29, 1.82) is 0 Å². The minimum absolute atomic E-state index is 0.770. The molecule has 17 heavy (non-hydrogen) atoms. The molecular formula is C15H30N2. The zero-order valence-electron chi connectivity index (χ0n) is 11.8. The SMILES string of the molecule is CCCCN(CC1CC(CC)CCN1)C1CC1. The Bertz CT molecular complexity index is 213. The summed E-state index contributed by atoms with van der Waals surface area (Å²) >= 11 is 0. The van der Waals surface area contributed by atoms with Crippen molar-refractivity contribution in [1.82, 2.24) is 10.2 Å². The first-order valence-electron chi connectivity index (χ1n) is 7.80. The van der Waals surface area contributed by atoms with E-state index in [1.807, 2.05) is 0 Å². The molecular weight excluding hydrogens is 208 g/mol. The molecule has 2 nitrogen and oxygen atoms in total. The van der Waals surface area contributed by atoms with E-state index in [-0.39, 0.29) is 0 Å². The van der Waals surface area contributed by atoms with Gasteiger partial charge in [-0.3, -0.25) is 4.90 Å². The molecule has 0 spiro atoms. The van der Waals surface area contributed by atoms with Crippen LogP contribution in [0.2, 0.25) is 0 Å². The monoisotopic (exact) mass is 238 g/mol. The quantitative estimate of drug-likeness (QED) is 0.733. The van der Waals surface area contributed by atoms with Crippen LogP contribution in [0.15, 0.2) is 0 Å². The summed E-state index contributed by atoms with van der Waals surface area (Å²) in [7, 11) is 0. The molecule has 0 aromatic heterocycles. The fourth-order valence-corrected chi connectivity index (χ4v) is 3.11. The van der Waals surface area contributed by atoms with Gasteiger partial charge in [0.05, 0.1) is 0 Å². The molecule has 2 aliphatic rings. The molecule has 100 valence electrons. The number of hydrogen-bond acceptors (Lipinski definition) is 2. The van der Waals surface area contributed by atoms with Gasteiger partial charge in [-0.2, -0.15) is 0 Å². The first-order valence-corrected chi connectivity index (χ1v) is 7.80. The molecule has 2 atom stereocenters. The molecule has 2 heteroatoms. The molecule has 0 amide bonds. The highest BCUT2D eigenvalue weighted by molar-refractivity contribution is 4.88. The smallest absolute Gasteiger partial charge is 0.0197 e. The molecule has 0 aromatic rings. The van der Waals surface area contributed by atoms with E-state index in [0.29, 0.717) is 0 Å². The maximum Gasteiger partial charge on any atom is 0.0197 e. The van der Waals surface area contributed by atoms with Crippen LogP contribution in [-0.4, -0.2) is 36.6 Å². The lowest BCUT2D eigenvalue weighted by Crippen LogP contribution is -2.46. The third kappa shape index (κ3) is 4.26. The molecule has 1 saturated heterocycles. The van der Waals surface area contributed by atoms with Crippen LogP contribution in [0, 0.1) is 5.92 Å². The van der Waals surface area contributed by atoms with E-state index in [9.17, 15) is 0 Å². The first-order chi connectivity index (χ1) is 8.33. The first kappa shape index (κ1) is 13.4. The standard InChI is InChI=1S/C15H30N2/c1-3-5-10-17(15-6-7-15)12-14-11-13(4-2)8-9-16-14/h13-16H,3-12H2,1-2H3. The van der Waals surface area contributed by atoms with Gasteiger partial charge in [-0.05, 0) is 51.1 Å². The van der Waals surface area contributed by atoms with Crippen molar-refractivity contribution in [3.63, 3.8) is 0 Å². The van der Waals surface area contributed by atoms with Crippen molar-refractivity contribution < 1.29 is 0 Å². The lowest BCUT2D eigenvalue weighted by molar-refractivity contribution is 0.190. The normalized spacial score (nSPS) is 29.8. The van der Waals surface area contributed by atoms with Gasteiger partial charge in [0, 0.05) is 18.6 Å². The number of unbranched alkanes of at least 4 members (excludes halogenated alkanes) is 1. The number of hydrogen-bond donors (Lipinski definition) is 1. The zero-order chi connectivity index (χ0) is 12.1. The zero-order valence-corrected chi connectivity index (χ0v) is 11.8. The molecule has 0 bridgehead atoms. The van der Waals surface area contributed by atoms with Crippen LogP contribution in [0.3, 0.4) is 0 Å². The molecule has 2 unspecified atom stereocenters.